The van der Waals surface area contributed by atoms with E-state index >= 15 is 0 Å². The van der Waals surface area contributed by atoms with E-state index in [2.05, 4.69) is 20.8 Å². The van der Waals surface area contributed by atoms with Gasteiger partial charge in [0.15, 0.2) is 0 Å². The number of oxime groups is 1. The van der Waals surface area contributed by atoms with E-state index in [4.69, 9.17) is 4.84 Å². The van der Waals surface area contributed by atoms with E-state index in [1.165, 1.54) is 32.1 Å². The van der Waals surface area contributed by atoms with Gasteiger partial charge in [-0.3, -0.25) is 0 Å². The van der Waals surface area contributed by atoms with Gasteiger partial charge < -0.3 is 10.2 Å². The number of nitrogens with zero attached hydrogens (tertiary/aromatic N) is 4. The van der Waals surface area contributed by atoms with Gasteiger partial charge in [-0.15, -0.1) is 5.10 Å². The summed E-state index contributed by atoms with van der Waals surface area (Å²) in [6.45, 7) is 2.20. The summed E-state index contributed by atoms with van der Waals surface area (Å²) in [6.07, 6.45) is 9.57. The zero-order valence-electron chi connectivity index (χ0n) is 11.2. The van der Waals surface area contributed by atoms with E-state index in [-0.39, 0.29) is 0 Å². The van der Waals surface area contributed by atoms with Crippen molar-refractivity contribution in [2.24, 2.45) is 5.16 Å². The van der Waals surface area contributed by atoms with Crippen LogP contribution in [0.2, 0.25) is 0 Å². The molecule has 2 heterocycles. The van der Waals surface area contributed by atoms with Gasteiger partial charge in [0.2, 0.25) is 0 Å². The molecular formula is C13H21N5O. The third-order valence-corrected chi connectivity index (χ3v) is 3.78. The Morgan fingerprint density at radius 3 is 3.00 bits per heavy atom. The maximum Gasteiger partial charge on any atom is 0.122 e. The minimum Gasteiger partial charge on any atom is -0.395 e. The molecule has 0 aromatic carbocycles. The van der Waals surface area contributed by atoms with Gasteiger partial charge in [0, 0.05) is 19.0 Å². The van der Waals surface area contributed by atoms with Gasteiger partial charge in [-0.25, -0.2) is 4.68 Å². The van der Waals surface area contributed by atoms with Crippen LogP contribution in [-0.2, 0) is 17.9 Å². The fourth-order valence-corrected chi connectivity index (χ4v) is 2.69. The van der Waals surface area contributed by atoms with Gasteiger partial charge in [0.1, 0.15) is 6.61 Å². The van der Waals surface area contributed by atoms with Crippen molar-refractivity contribution in [2.45, 2.75) is 57.7 Å². The Hall–Kier alpha value is -1.43. The van der Waals surface area contributed by atoms with Gasteiger partial charge in [0.05, 0.1) is 24.1 Å². The first-order valence-electron chi connectivity index (χ1n) is 7.20. The summed E-state index contributed by atoms with van der Waals surface area (Å²) in [6, 6.07) is 0.659. The van der Waals surface area contributed by atoms with Gasteiger partial charge in [0.25, 0.3) is 0 Å². The molecule has 0 atom stereocenters. The molecule has 1 aliphatic heterocycles. The summed E-state index contributed by atoms with van der Waals surface area (Å²) in [5, 5.41) is 15.9. The van der Waals surface area contributed by atoms with Crippen LogP contribution in [0.15, 0.2) is 11.4 Å². The molecule has 0 saturated heterocycles. The smallest absolute Gasteiger partial charge is 0.122 e. The third-order valence-electron chi connectivity index (χ3n) is 3.78. The van der Waals surface area contributed by atoms with Crippen LogP contribution < -0.4 is 5.32 Å². The summed E-state index contributed by atoms with van der Waals surface area (Å²) in [7, 11) is 0. The summed E-state index contributed by atoms with van der Waals surface area (Å²) in [4.78, 5) is 4.98. The van der Waals surface area contributed by atoms with Crippen molar-refractivity contribution in [3.05, 3.63) is 11.9 Å². The lowest BCUT2D eigenvalue weighted by molar-refractivity contribution is 0.173. The van der Waals surface area contributed by atoms with Crippen molar-refractivity contribution < 1.29 is 4.84 Å². The van der Waals surface area contributed by atoms with Crippen LogP contribution in [-0.4, -0.2) is 33.4 Å². The molecule has 0 unspecified atom stereocenters. The Morgan fingerprint density at radius 2 is 2.21 bits per heavy atom. The van der Waals surface area contributed by atoms with Crippen LogP contribution in [0.5, 0.6) is 0 Å². The fraction of sp³-hybridized carbons (Fsp3) is 0.769. The number of rotatable bonds is 5. The van der Waals surface area contributed by atoms with Crippen molar-refractivity contribution >= 4 is 5.71 Å². The number of hydrogen-bond donors (Lipinski definition) is 1. The molecule has 2 aliphatic rings. The zero-order valence-corrected chi connectivity index (χ0v) is 11.2. The van der Waals surface area contributed by atoms with Gasteiger partial charge in [-0.05, 0) is 12.8 Å². The van der Waals surface area contributed by atoms with Crippen LogP contribution in [0, 0.1) is 0 Å². The average Bonchev–Trinajstić information content (AvgIpc) is 3.10. The molecule has 1 aromatic rings. The van der Waals surface area contributed by atoms with Gasteiger partial charge >= 0.3 is 0 Å². The van der Waals surface area contributed by atoms with E-state index in [0.29, 0.717) is 19.2 Å². The molecule has 1 saturated carbocycles. The summed E-state index contributed by atoms with van der Waals surface area (Å²) >= 11 is 0. The average molecular weight is 263 g/mol. The fourth-order valence-electron chi connectivity index (χ4n) is 2.69. The highest BCUT2D eigenvalue weighted by atomic mass is 16.6. The van der Waals surface area contributed by atoms with Crippen LogP contribution in [0.25, 0.3) is 0 Å². The molecule has 1 fully saturated rings. The molecule has 1 N–H and O–H groups in total. The molecule has 0 bridgehead atoms. The highest BCUT2D eigenvalue weighted by molar-refractivity contribution is 5.84. The summed E-state index contributed by atoms with van der Waals surface area (Å²) < 4.78 is 1.84. The Morgan fingerprint density at radius 1 is 1.32 bits per heavy atom. The maximum absolute atomic E-state index is 4.98. The lowest BCUT2D eigenvalue weighted by atomic mass is 9.95. The summed E-state index contributed by atoms with van der Waals surface area (Å²) in [5.74, 6) is 0. The minimum atomic E-state index is 0.659. The normalized spacial score (nSPS) is 20.3. The second-order valence-corrected chi connectivity index (χ2v) is 5.36. The van der Waals surface area contributed by atoms with Crippen molar-refractivity contribution in [1.29, 1.82) is 0 Å². The number of nitrogens with one attached hydrogen (secondary N) is 1. The Balaban J connectivity index is 1.47. The lowest BCUT2D eigenvalue weighted by Gasteiger charge is -2.22. The van der Waals surface area contributed by atoms with E-state index in [1.54, 1.807) is 0 Å². The van der Waals surface area contributed by atoms with E-state index < -0.39 is 0 Å². The van der Waals surface area contributed by atoms with Crippen LogP contribution >= 0.6 is 0 Å². The molecule has 19 heavy (non-hydrogen) atoms. The predicted octanol–water partition coefficient (Wildman–Crippen LogP) is 1.48. The molecule has 0 spiro atoms. The zero-order chi connectivity index (χ0) is 12.9. The Labute approximate surface area is 113 Å². The van der Waals surface area contributed by atoms with Crippen molar-refractivity contribution in [1.82, 2.24) is 20.3 Å². The molecule has 1 aliphatic carbocycles. The molecule has 6 nitrogen and oxygen atoms in total. The first-order chi connectivity index (χ1) is 9.40. The summed E-state index contributed by atoms with van der Waals surface area (Å²) in [5.41, 5.74) is 2.04. The van der Waals surface area contributed by atoms with E-state index in [9.17, 15) is 0 Å². The van der Waals surface area contributed by atoms with Crippen molar-refractivity contribution in [3.63, 3.8) is 0 Å². The van der Waals surface area contributed by atoms with Crippen LogP contribution in [0.1, 0.15) is 44.2 Å². The molecule has 0 amide bonds. The maximum atomic E-state index is 4.98. The highest BCUT2D eigenvalue weighted by Gasteiger charge is 2.14. The van der Waals surface area contributed by atoms with Gasteiger partial charge in [-0.2, -0.15) is 0 Å². The molecule has 104 valence electrons. The molecular weight excluding hydrogens is 242 g/mol. The second-order valence-electron chi connectivity index (χ2n) is 5.36. The quantitative estimate of drug-likeness (QED) is 0.874. The lowest BCUT2D eigenvalue weighted by Crippen LogP contribution is -2.30. The molecule has 3 rings (SSSR count). The SMILES string of the molecule is c1c(CNC2CCCCC2)nnn1CC1=NOCC1. The monoisotopic (exact) mass is 263 g/mol. The standard InChI is InChI=1S/C13H21N5O/c1-2-4-11(5-3-1)14-8-13-10-18(17-15-13)9-12-6-7-19-16-12/h10-11,14H,1-9H2. The Kier molecular flexibility index (Phi) is 4.07. The highest BCUT2D eigenvalue weighted by Crippen LogP contribution is 2.17. The van der Waals surface area contributed by atoms with E-state index in [0.717, 1.165) is 24.4 Å². The first-order valence-corrected chi connectivity index (χ1v) is 7.20. The Bertz CT molecular complexity index is 436. The molecule has 1 aromatic heterocycles. The second kappa shape index (κ2) is 6.14. The molecule has 6 heteroatoms. The third kappa shape index (κ3) is 3.53. The first kappa shape index (κ1) is 12.6. The number of hydrogen-bond acceptors (Lipinski definition) is 5. The largest absolute Gasteiger partial charge is 0.395 e. The van der Waals surface area contributed by atoms with Crippen molar-refractivity contribution in [2.75, 3.05) is 6.61 Å². The van der Waals surface area contributed by atoms with Crippen LogP contribution in [0.3, 0.4) is 0 Å². The van der Waals surface area contributed by atoms with Crippen molar-refractivity contribution in [3.8, 4) is 0 Å². The van der Waals surface area contributed by atoms with Gasteiger partial charge in [-0.1, -0.05) is 29.6 Å². The van der Waals surface area contributed by atoms with Crippen LogP contribution in [0.4, 0.5) is 0 Å². The topological polar surface area (TPSA) is 64.3 Å². The van der Waals surface area contributed by atoms with E-state index in [1.807, 2.05) is 10.9 Å². The predicted molar refractivity (Wildman–Crippen MR) is 71.7 cm³/mol. The molecule has 0 radical (unpaired) electrons. The minimum absolute atomic E-state index is 0.659. The number of aromatic nitrogens is 3.